The molecule has 1 heterocycles. The molecule has 0 saturated carbocycles. The van der Waals surface area contributed by atoms with E-state index in [1.165, 1.54) is 6.20 Å². The zero-order valence-corrected chi connectivity index (χ0v) is 16.0. The molecule has 1 atom stereocenters. The third kappa shape index (κ3) is 3.78. The molecule has 6 nitrogen and oxygen atoms in total. The fourth-order valence-electron chi connectivity index (χ4n) is 2.78. The zero-order chi connectivity index (χ0) is 18.7. The average Bonchev–Trinajstić information content (AvgIpc) is 2.57. The number of aromatic nitrogens is 1. The van der Waals surface area contributed by atoms with Gasteiger partial charge in [0.25, 0.3) is 0 Å². The molecule has 0 radical (unpaired) electrons. The number of esters is 1. The highest BCUT2D eigenvalue weighted by Gasteiger charge is 2.22. The van der Waals surface area contributed by atoms with Gasteiger partial charge in [-0.05, 0) is 30.5 Å². The molecule has 0 bridgehead atoms. The summed E-state index contributed by atoms with van der Waals surface area (Å²) in [7, 11) is 0. The highest BCUT2D eigenvalue weighted by molar-refractivity contribution is 9.10. The van der Waals surface area contributed by atoms with Crippen LogP contribution >= 0.6 is 15.9 Å². The number of carbonyl (C=O) groups is 1. The molecule has 2 aromatic rings. The number of ether oxygens (including phenoxy) is 1. The molecule has 0 aliphatic heterocycles. The largest absolute Gasteiger partial charge is 0.462 e. The Bertz CT molecular complexity index is 843. The van der Waals surface area contributed by atoms with Crippen LogP contribution in [0.4, 0.5) is 0 Å². The Hall–Kier alpha value is -1.70. The quantitative estimate of drug-likeness (QED) is 0.713. The predicted molar refractivity (Wildman–Crippen MR) is 98.7 cm³/mol. The molecule has 0 fully saturated rings. The number of fused-ring (bicyclic) bond motifs is 1. The molecule has 0 amide bonds. The van der Waals surface area contributed by atoms with Gasteiger partial charge in [-0.3, -0.25) is 4.79 Å². The molecule has 1 aromatic heterocycles. The van der Waals surface area contributed by atoms with Crippen molar-refractivity contribution >= 4 is 32.8 Å². The van der Waals surface area contributed by atoms with E-state index in [0.717, 1.165) is 0 Å². The Kier molecular flexibility index (Phi) is 6.37. The number of hydrogen-bond donors (Lipinski definition) is 2. The number of aliphatic hydroxyl groups excluding tert-OH is 2. The summed E-state index contributed by atoms with van der Waals surface area (Å²) in [6, 6.07) is 2.96. The molecule has 0 saturated heterocycles. The molecule has 7 heteroatoms. The first-order valence-corrected chi connectivity index (χ1v) is 8.91. The summed E-state index contributed by atoms with van der Waals surface area (Å²) < 4.78 is 7.30. The van der Waals surface area contributed by atoms with Crippen LogP contribution in [0.15, 0.2) is 27.6 Å². The van der Waals surface area contributed by atoms with Crippen LogP contribution in [0.25, 0.3) is 10.9 Å². The molecule has 0 aliphatic carbocycles. The van der Waals surface area contributed by atoms with Gasteiger partial charge in [-0.15, -0.1) is 0 Å². The lowest BCUT2D eigenvalue weighted by molar-refractivity contribution is 0.0523. The smallest absolute Gasteiger partial charge is 0.343 e. The number of aliphatic hydroxyl groups is 2. The summed E-state index contributed by atoms with van der Waals surface area (Å²) in [6.45, 7) is 5.38. The van der Waals surface area contributed by atoms with Crippen molar-refractivity contribution in [3.8, 4) is 0 Å². The first-order valence-electron chi connectivity index (χ1n) is 8.11. The van der Waals surface area contributed by atoms with Crippen LogP contribution in [0.1, 0.15) is 42.7 Å². The van der Waals surface area contributed by atoms with Gasteiger partial charge in [0.1, 0.15) is 5.56 Å². The highest BCUT2D eigenvalue weighted by atomic mass is 79.9. The normalized spacial score (nSPS) is 12.6. The first kappa shape index (κ1) is 19.6. The van der Waals surface area contributed by atoms with Crippen molar-refractivity contribution in [3.63, 3.8) is 0 Å². The van der Waals surface area contributed by atoms with Crippen molar-refractivity contribution in [2.24, 2.45) is 5.92 Å². The van der Waals surface area contributed by atoms with Crippen molar-refractivity contribution in [1.82, 2.24) is 4.57 Å². The number of pyridine rings is 1. The fourth-order valence-corrected chi connectivity index (χ4v) is 3.25. The van der Waals surface area contributed by atoms with Crippen molar-refractivity contribution in [3.05, 3.63) is 44.2 Å². The third-order valence-corrected chi connectivity index (χ3v) is 4.92. The Morgan fingerprint density at radius 1 is 1.32 bits per heavy atom. The van der Waals surface area contributed by atoms with E-state index in [0.29, 0.717) is 20.9 Å². The summed E-state index contributed by atoms with van der Waals surface area (Å²) >= 11 is 3.34. The summed E-state index contributed by atoms with van der Waals surface area (Å²) in [6.07, 6.45) is 1.44. The van der Waals surface area contributed by atoms with Gasteiger partial charge in [-0.25, -0.2) is 4.79 Å². The second-order valence-corrected chi connectivity index (χ2v) is 6.97. The second-order valence-electron chi connectivity index (χ2n) is 6.11. The Morgan fingerprint density at radius 2 is 2.00 bits per heavy atom. The minimum Gasteiger partial charge on any atom is -0.462 e. The lowest BCUT2D eigenvalue weighted by Crippen LogP contribution is -2.26. The van der Waals surface area contributed by atoms with E-state index in [1.54, 1.807) is 23.6 Å². The van der Waals surface area contributed by atoms with Crippen LogP contribution in [0.5, 0.6) is 0 Å². The highest BCUT2D eigenvalue weighted by Crippen LogP contribution is 2.27. The number of nitrogens with zero attached hydrogens (tertiary/aromatic N) is 1. The van der Waals surface area contributed by atoms with Crippen LogP contribution in [0.2, 0.25) is 0 Å². The van der Waals surface area contributed by atoms with Crippen molar-refractivity contribution in [2.45, 2.75) is 33.4 Å². The Balaban J connectivity index is 2.89. The van der Waals surface area contributed by atoms with Crippen LogP contribution < -0.4 is 5.43 Å². The lowest BCUT2D eigenvalue weighted by atomic mass is 10.0. The number of benzene rings is 1. The molecule has 136 valence electrons. The molecule has 0 spiro atoms. The number of halogens is 1. The minimum absolute atomic E-state index is 0.0620. The standard InChI is InChI=1S/C18H22BrNO5/c1-4-25-18(24)13-7-20(16(9-22)10(2)3)15-5-11(8-21)14(19)6-12(15)17(13)23/h5-7,10,16,21-22H,4,8-9H2,1-3H3/t16-/m1/s1. The van der Waals surface area contributed by atoms with E-state index in [4.69, 9.17) is 4.74 Å². The number of hydrogen-bond acceptors (Lipinski definition) is 5. The van der Waals surface area contributed by atoms with E-state index in [2.05, 4.69) is 15.9 Å². The lowest BCUT2D eigenvalue weighted by Gasteiger charge is -2.25. The number of carbonyl (C=O) groups excluding carboxylic acids is 1. The average molecular weight is 412 g/mol. The van der Waals surface area contributed by atoms with Gasteiger partial charge < -0.3 is 19.5 Å². The van der Waals surface area contributed by atoms with E-state index < -0.39 is 11.4 Å². The molecule has 0 unspecified atom stereocenters. The molecular weight excluding hydrogens is 390 g/mol. The van der Waals surface area contributed by atoms with Crippen LogP contribution in [-0.2, 0) is 11.3 Å². The van der Waals surface area contributed by atoms with Gasteiger partial charge in [0.2, 0.25) is 5.43 Å². The first-order chi connectivity index (χ1) is 11.8. The van der Waals surface area contributed by atoms with E-state index >= 15 is 0 Å². The number of rotatable bonds is 6. The monoisotopic (exact) mass is 411 g/mol. The van der Waals surface area contributed by atoms with Crippen molar-refractivity contribution in [2.75, 3.05) is 13.2 Å². The summed E-state index contributed by atoms with van der Waals surface area (Å²) in [4.78, 5) is 25.0. The van der Waals surface area contributed by atoms with Crippen LogP contribution in [0, 0.1) is 5.92 Å². The maximum Gasteiger partial charge on any atom is 0.343 e. The zero-order valence-electron chi connectivity index (χ0n) is 14.5. The fraction of sp³-hybridized carbons (Fsp3) is 0.444. The molecule has 2 rings (SSSR count). The van der Waals surface area contributed by atoms with E-state index in [9.17, 15) is 19.8 Å². The maximum absolute atomic E-state index is 12.8. The predicted octanol–water partition coefficient (Wildman–Crippen LogP) is 2.62. The Morgan fingerprint density at radius 3 is 2.52 bits per heavy atom. The van der Waals surface area contributed by atoms with Crippen LogP contribution in [0.3, 0.4) is 0 Å². The molecule has 1 aromatic carbocycles. The summed E-state index contributed by atoms with van der Waals surface area (Å²) in [5.74, 6) is -0.627. The maximum atomic E-state index is 12.8. The van der Waals surface area contributed by atoms with Crippen LogP contribution in [-0.4, -0.2) is 34.0 Å². The van der Waals surface area contributed by atoms with E-state index in [1.807, 2.05) is 13.8 Å². The summed E-state index contributed by atoms with van der Waals surface area (Å²) in [5, 5.41) is 19.7. The van der Waals surface area contributed by atoms with Gasteiger partial charge in [-0.2, -0.15) is 0 Å². The molecule has 25 heavy (non-hydrogen) atoms. The van der Waals surface area contributed by atoms with E-state index in [-0.39, 0.29) is 37.3 Å². The van der Waals surface area contributed by atoms with Gasteiger partial charge >= 0.3 is 5.97 Å². The van der Waals surface area contributed by atoms with Crippen molar-refractivity contribution in [1.29, 1.82) is 0 Å². The van der Waals surface area contributed by atoms with Gasteiger partial charge in [0.05, 0.1) is 31.4 Å². The second kappa shape index (κ2) is 8.12. The minimum atomic E-state index is -0.689. The Labute approximate surface area is 154 Å². The SMILES string of the molecule is CCOC(=O)c1cn([C@H](CO)C(C)C)c2cc(CO)c(Br)cc2c1=O. The van der Waals surface area contributed by atoms with Gasteiger partial charge in [0.15, 0.2) is 0 Å². The van der Waals surface area contributed by atoms with Gasteiger partial charge in [-0.1, -0.05) is 29.8 Å². The molecular formula is C18H22BrNO5. The van der Waals surface area contributed by atoms with Crippen molar-refractivity contribution < 1.29 is 19.7 Å². The molecule has 0 aliphatic rings. The topological polar surface area (TPSA) is 88.8 Å². The van der Waals surface area contributed by atoms with Gasteiger partial charge in [0, 0.05) is 16.1 Å². The molecule has 2 N–H and O–H groups in total. The summed E-state index contributed by atoms with van der Waals surface area (Å²) in [5.41, 5.74) is 0.662. The third-order valence-electron chi connectivity index (χ3n) is 4.18.